The Balaban J connectivity index is 1.30. The Hall–Kier alpha value is -3.88. The third-order valence-electron chi connectivity index (χ3n) is 6.11. The van der Waals surface area contributed by atoms with Gasteiger partial charge in [-0.2, -0.15) is 0 Å². The molecule has 0 aliphatic carbocycles. The van der Waals surface area contributed by atoms with Gasteiger partial charge in [0.25, 0.3) is 11.5 Å². The number of hydrogen-bond donors (Lipinski definition) is 2. The molecule has 0 spiro atoms. The number of carbonyl (C=O) groups is 2. The van der Waals surface area contributed by atoms with Crippen molar-refractivity contribution < 1.29 is 9.59 Å². The number of aryl methyl sites for hydroxylation is 2. The summed E-state index contributed by atoms with van der Waals surface area (Å²) in [5, 5.41) is 4.03. The number of carbonyl (C=O) groups excluding carboxylic acids is 2. The number of fused-ring (bicyclic) bond motifs is 2. The van der Waals surface area contributed by atoms with Gasteiger partial charge < -0.3 is 14.8 Å². The zero-order valence-corrected chi connectivity index (χ0v) is 18.0. The van der Waals surface area contributed by atoms with Crippen LogP contribution < -0.4 is 5.56 Å². The van der Waals surface area contributed by atoms with Crippen molar-refractivity contribution >= 4 is 33.8 Å². The van der Waals surface area contributed by atoms with E-state index in [2.05, 4.69) is 15.1 Å². The Labute approximate surface area is 183 Å². The van der Waals surface area contributed by atoms with E-state index in [1.54, 1.807) is 29.8 Å². The van der Waals surface area contributed by atoms with Crippen LogP contribution in [0.1, 0.15) is 21.6 Å². The zero-order valence-electron chi connectivity index (χ0n) is 18.0. The molecule has 4 aromatic rings. The van der Waals surface area contributed by atoms with Gasteiger partial charge in [-0.05, 0) is 24.6 Å². The van der Waals surface area contributed by atoms with Crippen LogP contribution in [0.15, 0.2) is 41.3 Å². The maximum absolute atomic E-state index is 13.2. The Morgan fingerprint density at radius 2 is 1.81 bits per heavy atom. The molecular formula is C23H24N6O3. The highest BCUT2D eigenvalue weighted by atomic mass is 16.2. The number of aromatic amines is 2. The molecule has 9 nitrogen and oxygen atoms in total. The molecule has 1 aliphatic rings. The highest BCUT2D eigenvalue weighted by Gasteiger charge is 2.27. The summed E-state index contributed by atoms with van der Waals surface area (Å²) in [6, 6.07) is 9.58. The van der Waals surface area contributed by atoms with Crippen LogP contribution in [0.3, 0.4) is 0 Å². The quantitative estimate of drug-likeness (QED) is 0.512. The van der Waals surface area contributed by atoms with Crippen LogP contribution in [0.4, 0.5) is 0 Å². The molecule has 32 heavy (non-hydrogen) atoms. The number of benzene rings is 1. The van der Waals surface area contributed by atoms with Crippen molar-refractivity contribution in [3.63, 3.8) is 0 Å². The van der Waals surface area contributed by atoms with Crippen molar-refractivity contribution in [3.8, 4) is 0 Å². The van der Waals surface area contributed by atoms with E-state index in [0.29, 0.717) is 54.9 Å². The topological polar surface area (TPSA) is 107 Å². The first-order chi connectivity index (χ1) is 15.4. The molecule has 0 bridgehead atoms. The second kappa shape index (κ2) is 7.67. The first-order valence-corrected chi connectivity index (χ1v) is 10.6. The smallest absolute Gasteiger partial charge is 0.274 e. The van der Waals surface area contributed by atoms with Gasteiger partial charge >= 0.3 is 0 Å². The molecule has 1 aliphatic heterocycles. The van der Waals surface area contributed by atoms with Crippen LogP contribution in [-0.2, 0) is 18.3 Å². The second-order valence-corrected chi connectivity index (χ2v) is 8.22. The normalized spacial score (nSPS) is 14.4. The van der Waals surface area contributed by atoms with Gasteiger partial charge in [-0.1, -0.05) is 18.2 Å². The van der Waals surface area contributed by atoms with E-state index in [-0.39, 0.29) is 17.4 Å². The lowest BCUT2D eigenvalue weighted by atomic mass is 10.1. The van der Waals surface area contributed by atoms with E-state index in [9.17, 15) is 14.4 Å². The molecule has 2 amide bonds. The van der Waals surface area contributed by atoms with Crippen molar-refractivity contribution in [2.45, 2.75) is 13.3 Å². The summed E-state index contributed by atoms with van der Waals surface area (Å²) in [5.74, 6) is -0.163. The second-order valence-electron chi connectivity index (χ2n) is 8.22. The monoisotopic (exact) mass is 432 g/mol. The Bertz CT molecular complexity index is 1400. The number of pyridine rings is 1. The minimum atomic E-state index is -0.328. The molecule has 2 N–H and O–H groups in total. The number of amides is 2. The number of nitrogens with one attached hydrogen (secondary N) is 2. The van der Waals surface area contributed by atoms with Crippen molar-refractivity contribution in [1.82, 2.24) is 29.5 Å². The lowest BCUT2D eigenvalue weighted by Gasteiger charge is -2.35. The molecular weight excluding hydrogens is 408 g/mol. The first-order valence-electron chi connectivity index (χ1n) is 10.6. The summed E-state index contributed by atoms with van der Waals surface area (Å²) >= 11 is 0. The van der Waals surface area contributed by atoms with E-state index in [4.69, 9.17) is 0 Å². The van der Waals surface area contributed by atoms with Gasteiger partial charge in [0.1, 0.15) is 0 Å². The van der Waals surface area contributed by atoms with E-state index >= 15 is 0 Å². The molecule has 4 heterocycles. The number of H-pyrrole nitrogens is 2. The summed E-state index contributed by atoms with van der Waals surface area (Å²) in [5.41, 5.74) is 3.15. The van der Waals surface area contributed by atoms with Crippen LogP contribution in [0.2, 0.25) is 0 Å². The fourth-order valence-corrected chi connectivity index (χ4v) is 4.44. The van der Waals surface area contributed by atoms with Crippen LogP contribution >= 0.6 is 0 Å². The lowest BCUT2D eigenvalue weighted by molar-refractivity contribution is -0.131. The predicted octanol–water partition coefficient (Wildman–Crippen LogP) is 1.58. The molecule has 1 saturated heterocycles. The Morgan fingerprint density at radius 3 is 2.59 bits per heavy atom. The highest BCUT2D eigenvalue weighted by molar-refractivity contribution is 6.05. The fraction of sp³-hybridized carbons (Fsp3) is 0.304. The van der Waals surface area contributed by atoms with Gasteiger partial charge in [-0.3, -0.25) is 24.2 Å². The van der Waals surface area contributed by atoms with Gasteiger partial charge in [0.05, 0.1) is 17.4 Å². The molecule has 0 saturated carbocycles. The lowest BCUT2D eigenvalue weighted by Crippen LogP contribution is -2.51. The first kappa shape index (κ1) is 20.0. The third kappa shape index (κ3) is 3.35. The van der Waals surface area contributed by atoms with Gasteiger partial charge in [0.15, 0.2) is 5.65 Å². The molecule has 0 unspecified atom stereocenters. The zero-order chi connectivity index (χ0) is 22.4. The van der Waals surface area contributed by atoms with E-state index in [1.165, 1.54) is 4.68 Å². The number of aromatic nitrogens is 4. The van der Waals surface area contributed by atoms with E-state index in [1.807, 2.05) is 30.5 Å². The van der Waals surface area contributed by atoms with Crippen molar-refractivity contribution in [1.29, 1.82) is 0 Å². The average Bonchev–Trinajstić information content (AvgIpc) is 3.33. The standard InChI is InChI=1S/C23H24N6O3/c1-14-11-17(20-21(25-14)27(2)26-22(20)31)23(32)29-9-7-28(8-10-29)19(30)12-15-13-24-18-6-4-3-5-16(15)18/h3-6,11,13,24H,7-10,12H2,1-2H3,(H,26,31). The van der Waals surface area contributed by atoms with Crippen molar-refractivity contribution in [2.24, 2.45) is 7.05 Å². The molecule has 3 aromatic heterocycles. The Kier molecular flexibility index (Phi) is 4.80. The van der Waals surface area contributed by atoms with E-state index < -0.39 is 0 Å². The summed E-state index contributed by atoms with van der Waals surface area (Å²) in [7, 11) is 1.70. The molecule has 0 atom stereocenters. The molecule has 1 aromatic carbocycles. The molecule has 164 valence electrons. The van der Waals surface area contributed by atoms with Gasteiger partial charge in [-0.25, -0.2) is 4.98 Å². The maximum atomic E-state index is 13.2. The van der Waals surface area contributed by atoms with Gasteiger partial charge in [0.2, 0.25) is 5.91 Å². The maximum Gasteiger partial charge on any atom is 0.274 e. The number of hydrogen-bond acceptors (Lipinski definition) is 4. The summed E-state index contributed by atoms with van der Waals surface area (Å²) < 4.78 is 1.53. The minimum Gasteiger partial charge on any atom is -0.361 e. The largest absolute Gasteiger partial charge is 0.361 e. The fourth-order valence-electron chi connectivity index (χ4n) is 4.44. The summed E-state index contributed by atoms with van der Waals surface area (Å²) in [6.45, 7) is 3.57. The van der Waals surface area contributed by atoms with Crippen molar-refractivity contribution in [3.05, 3.63) is 63.7 Å². The molecule has 0 radical (unpaired) electrons. The van der Waals surface area contributed by atoms with Gasteiger partial charge in [0, 0.05) is 56.0 Å². The average molecular weight is 432 g/mol. The number of piperazine rings is 1. The SMILES string of the molecule is Cc1cc(C(=O)N2CCN(C(=O)Cc3c[nH]c4ccccc34)CC2)c2c(=O)[nH]n(C)c2n1. The van der Waals surface area contributed by atoms with Crippen LogP contribution in [-0.4, -0.2) is 67.5 Å². The number of para-hydroxylation sites is 1. The summed E-state index contributed by atoms with van der Waals surface area (Å²) in [4.78, 5) is 49.6. The van der Waals surface area contributed by atoms with E-state index in [0.717, 1.165) is 16.5 Å². The predicted molar refractivity (Wildman–Crippen MR) is 121 cm³/mol. The van der Waals surface area contributed by atoms with Crippen LogP contribution in [0.5, 0.6) is 0 Å². The summed E-state index contributed by atoms with van der Waals surface area (Å²) in [6.07, 6.45) is 2.21. The number of nitrogens with zero attached hydrogens (tertiary/aromatic N) is 4. The highest BCUT2D eigenvalue weighted by Crippen LogP contribution is 2.20. The van der Waals surface area contributed by atoms with Crippen LogP contribution in [0.25, 0.3) is 21.9 Å². The van der Waals surface area contributed by atoms with Gasteiger partial charge in [-0.15, -0.1) is 0 Å². The number of rotatable bonds is 3. The molecule has 5 rings (SSSR count). The molecule has 1 fully saturated rings. The Morgan fingerprint density at radius 1 is 1.09 bits per heavy atom. The molecule has 9 heteroatoms. The van der Waals surface area contributed by atoms with Crippen molar-refractivity contribution in [2.75, 3.05) is 26.2 Å². The third-order valence-corrected chi connectivity index (χ3v) is 6.11. The van der Waals surface area contributed by atoms with Crippen LogP contribution in [0, 0.1) is 6.92 Å². The minimum absolute atomic E-state index is 0.0449.